The van der Waals surface area contributed by atoms with E-state index in [4.69, 9.17) is 17.3 Å². The van der Waals surface area contributed by atoms with Gasteiger partial charge in [-0.3, -0.25) is 0 Å². The molecule has 18 heavy (non-hydrogen) atoms. The fourth-order valence-corrected chi connectivity index (χ4v) is 2.07. The molecule has 2 aromatic rings. The second-order valence-corrected chi connectivity index (χ2v) is 4.88. The summed E-state index contributed by atoms with van der Waals surface area (Å²) in [6.45, 7) is 2.00. The van der Waals surface area contributed by atoms with Crippen LogP contribution in [-0.2, 0) is 6.42 Å². The van der Waals surface area contributed by atoms with Gasteiger partial charge in [-0.25, -0.2) is 0 Å². The van der Waals surface area contributed by atoms with Crippen LogP contribution in [0.3, 0.4) is 0 Å². The van der Waals surface area contributed by atoms with Gasteiger partial charge in [0.05, 0.1) is 5.69 Å². The van der Waals surface area contributed by atoms with Crippen LogP contribution in [0, 0.1) is 0 Å². The first kappa shape index (κ1) is 13.0. The van der Waals surface area contributed by atoms with Crippen molar-refractivity contribution in [3.8, 4) is 0 Å². The lowest BCUT2D eigenvalue weighted by atomic mass is 9.90. The van der Waals surface area contributed by atoms with Crippen LogP contribution >= 0.6 is 11.6 Å². The van der Waals surface area contributed by atoms with Crippen molar-refractivity contribution < 1.29 is 0 Å². The number of halogens is 1. The Morgan fingerprint density at radius 3 is 2.50 bits per heavy atom. The van der Waals surface area contributed by atoms with Crippen molar-refractivity contribution >= 4 is 11.6 Å². The number of nitrogens with two attached hydrogens (primary N) is 1. The maximum atomic E-state index is 6.05. The van der Waals surface area contributed by atoms with Gasteiger partial charge < -0.3 is 5.73 Å². The summed E-state index contributed by atoms with van der Waals surface area (Å²) in [5, 5.41) is 8.82. The number of benzene rings is 1. The van der Waals surface area contributed by atoms with Crippen molar-refractivity contribution in [3.63, 3.8) is 0 Å². The van der Waals surface area contributed by atoms with Crippen LogP contribution in [0.1, 0.15) is 24.1 Å². The Bertz CT molecular complexity index is 482. The molecule has 0 bridgehead atoms. The molecule has 1 heterocycles. The van der Waals surface area contributed by atoms with Crippen LogP contribution < -0.4 is 5.73 Å². The summed E-state index contributed by atoms with van der Waals surface area (Å²) in [4.78, 5) is 0. The number of aromatic nitrogens is 2. The van der Waals surface area contributed by atoms with E-state index in [1.807, 2.05) is 43.3 Å². The van der Waals surface area contributed by atoms with E-state index < -0.39 is 0 Å². The molecule has 2 N–H and O–H groups in total. The minimum Gasteiger partial charge on any atom is -0.327 e. The van der Waals surface area contributed by atoms with Crippen LogP contribution in [-0.4, -0.2) is 16.2 Å². The highest BCUT2D eigenvalue weighted by molar-refractivity contribution is 6.30. The molecule has 4 heteroatoms. The average Bonchev–Trinajstić information content (AvgIpc) is 2.38. The first-order valence-corrected chi connectivity index (χ1v) is 6.32. The molecule has 2 atom stereocenters. The second kappa shape index (κ2) is 5.94. The van der Waals surface area contributed by atoms with E-state index in [0.717, 1.165) is 17.1 Å². The van der Waals surface area contributed by atoms with E-state index in [-0.39, 0.29) is 12.0 Å². The van der Waals surface area contributed by atoms with Crippen LogP contribution in [0.25, 0.3) is 0 Å². The molecule has 0 saturated heterocycles. The van der Waals surface area contributed by atoms with Gasteiger partial charge in [-0.15, -0.1) is 0 Å². The molecular weight excluding hydrogens is 246 g/mol. The third kappa shape index (κ3) is 3.28. The molecule has 0 spiro atoms. The zero-order chi connectivity index (χ0) is 13.0. The Morgan fingerprint density at radius 2 is 1.94 bits per heavy atom. The van der Waals surface area contributed by atoms with Crippen molar-refractivity contribution in [2.75, 3.05) is 0 Å². The molecule has 0 aliphatic heterocycles. The quantitative estimate of drug-likeness (QED) is 0.921. The minimum absolute atomic E-state index is 0.0254. The van der Waals surface area contributed by atoms with Crippen molar-refractivity contribution in [3.05, 3.63) is 58.9 Å². The Hall–Kier alpha value is -1.45. The summed E-state index contributed by atoms with van der Waals surface area (Å²) in [7, 11) is 0. The summed E-state index contributed by atoms with van der Waals surface area (Å²) in [5.74, 6) is 0.167. The fourth-order valence-electron chi connectivity index (χ4n) is 1.95. The van der Waals surface area contributed by atoms with E-state index in [1.54, 1.807) is 6.20 Å². The van der Waals surface area contributed by atoms with E-state index in [9.17, 15) is 0 Å². The topological polar surface area (TPSA) is 51.8 Å². The Kier molecular flexibility index (Phi) is 4.28. The minimum atomic E-state index is 0.0254. The molecule has 0 fully saturated rings. The van der Waals surface area contributed by atoms with Gasteiger partial charge in [-0.2, -0.15) is 10.2 Å². The first-order valence-electron chi connectivity index (χ1n) is 5.94. The third-order valence-electron chi connectivity index (χ3n) is 2.98. The summed E-state index contributed by atoms with van der Waals surface area (Å²) in [6.07, 6.45) is 2.51. The van der Waals surface area contributed by atoms with Crippen molar-refractivity contribution in [2.24, 2.45) is 5.73 Å². The third-order valence-corrected chi connectivity index (χ3v) is 3.23. The summed E-state index contributed by atoms with van der Waals surface area (Å²) in [5.41, 5.74) is 8.19. The van der Waals surface area contributed by atoms with E-state index >= 15 is 0 Å². The molecule has 1 aromatic carbocycles. The van der Waals surface area contributed by atoms with Crippen LogP contribution in [0.15, 0.2) is 42.6 Å². The van der Waals surface area contributed by atoms with Gasteiger partial charge in [0.15, 0.2) is 0 Å². The van der Waals surface area contributed by atoms with Gasteiger partial charge in [0, 0.05) is 23.2 Å². The fraction of sp³-hybridized carbons (Fsp3) is 0.286. The average molecular weight is 262 g/mol. The highest BCUT2D eigenvalue weighted by Gasteiger charge is 2.18. The maximum absolute atomic E-state index is 6.05. The summed E-state index contributed by atoms with van der Waals surface area (Å²) >= 11 is 5.88. The van der Waals surface area contributed by atoms with E-state index in [2.05, 4.69) is 10.2 Å². The van der Waals surface area contributed by atoms with Gasteiger partial charge in [0.1, 0.15) is 0 Å². The monoisotopic (exact) mass is 261 g/mol. The SMILES string of the molecule is CC(N)C(Cc1ccc(Cl)cc1)c1cccnn1. The molecule has 0 aliphatic rings. The number of hydrogen-bond acceptors (Lipinski definition) is 3. The molecule has 2 unspecified atom stereocenters. The standard InChI is InChI=1S/C14H16ClN3/c1-10(16)13(14-3-2-8-17-18-14)9-11-4-6-12(15)7-5-11/h2-8,10,13H,9,16H2,1H3. The number of nitrogens with zero attached hydrogens (tertiary/aromatic N) is 2. The number of hydrogen-bond donors (Lipinski definition) is 1. The van der Waals surface area contributed by atoms with Crippen LogP contribution in [0.5, 0.6) is 0 Å². The molecule has 0 amide bonds. The maximum Gasteiger partial charge on any atom is 0.0680 e. The lowest BCUT2D eigenvalue weighted by Gasteiger charge is -2.19. The van der Waals surface area contributed by atoms with Gasteiger partial charge in [0.25, 0.3) is 0 Å². The smallest absolute Gasteiger partial charge is 0.0680 e. The largest absolute Gasteiger partial charge is 0.327 e. The zero-order valence-electron chi connectivity index (χ0n) is 10.3. The van der Waals surface area contributed by atoms with Crippen molar-refractivity contribution in [1.29, 1.82) is 0 Å². The summed E-state index contributed by atoms with van der Waals surface area (Å²) < 4.78 is 0. The molecule has 0 saturated carbocycles. The van der Waals surface area contributed by atoms with E-state index in [1.165, 1.54) is 5.56 Å². The molecule has 1 aromatic heterocycles. The molecule has 94 valence electrons. The first-order chi connectivity index (χ1) is 8.66. The number of rotatable bonds is 4. The van der Waals surface area contributed by atoms with Crippen LogP contribution in [0.4, 0.5) is 0 Å². The molecular formula is C14H16ClN3. The highest BCUT2D eigenvalue weighted by Crippen LogP contribution is 2.22. The van der Waals surface area contributed by atoms with E-state index in [0.29, 0.717) is 0 Å². The Labute approximate surface area is 112 Å². The predicted molar refractivity (Wildman–Crippen MR) is 73.6 cm³/mol. The van der Waals surface area contributed by atoms with Crippen LogP contribution in [0.2, 0.25) is 5.02 Å². The lowest BCUT2D eigenvalue weighted by molar-refractivity contribution is 0.545. The summed E-state index contributed by atoms with van der Waals surface area (Å²) in [6, 6.07) is 11.7. The molecule has 0 radical (unpaired) electrons. The van der Waals surface area contributed by atoms with Crippen molar-refractivity contribution in [1.82, 2.24) is 10.2 Å². The molecule has 0 aliphatic carbocycles. The van der Waals surface area contributed by atoms with Gasteiger partial charge in [-0.05, 0) is 43.2 Å². The van der Waals surface area contributed by atoms with Gasteiger partial charge in [-0.1, -0.05) is 23.7 Å². The zero-order valence-corrected chi connectivity index (χ0v) is 11.0. The Balaban J connectivity index is 2.19. The second-order valence-electron chi connectivity index (χ2n) is 4.44. The lowest BCUT2D eigenvalue weighted by Crippen LogP contribution is -2.27. The Morgan fingerprint density at radius 1 is 1.22 bits per heavy atom. The normalized spacial score (nSPS) is 14.2. The van der Waals surface area contributed by atoms with Crippen molar-refractivity contribution in [2.45, 2.75) is 25.3 Å². The molecule has 3 nitrogen and oxygen atoms in total. The van der Waals surface area contributed by atoms with Gasteiger partial charge in [0.2, 0.25) is 0 Å². The highest BCUT2D eigenvalue weighted by atomic mass is 35.5. The molecule has 2 rings (SSSR count). The predicted octanol–water partition coefficient (Wildman–Crippen LogP) is 2.80. The van der Waals surface area contributed by atoms with Gasteiger partial charge >= 0.3 is 0 Å².